The van der Waals surface area contributed by atoms with Crippen molar-refractivity contribution in [1.29, 1.82) is 0 Å². The SMILES string of the molecule is c1ccc(-n2c3cc(-c4ccc(-c5nccs5)cc4)ccc3c3ccc(-c4ccc(-c5nccs5)cc4)cc32)cc1. The van der Waals surface area contributed by atoms with Crippen molar-refractivity contribution in [2.24, 2.45) is 0 Å². The van der Waals surface area contributed by atoms with Crippen LogP contribution in [0.2, 0.25) is 0 Å². The molecule has 3 aromatic heterocycles. The Labute approximate surface area is 245 Å². The summed E-state index contributed by atoms with van der Waals surface area (Å²) in [5.41, 5.74) is 10.6. The molecule has 194 valence electrons. The second-order valence-electron chi connectivity index (χ2n) is 9.96. The molecular formula is C36H23N3S2. The number of hydrogen-bond donors (Lipinski definition) is 0. The molecule has 0 amide bonds. The van der Waals surface area contributed by atoms with Gasteiger partial charge in [0.2, 0.25) is 0 Å². The Bertz CT molecular complexity index is 1970. The van der Waals surface area contributed by atoms with Crippen LogP contribution in [-0.2, 0) is 0 Å². The Morgan fingerprint density at radius 2 is 0.878 bits per heavy atom. The smallest absolute Gasteiger partial charge is 0.123 e. The Balaban J connectivity index is 1.27. The first-order chi connectivity index (χ1) is 20.3. The molecule has 41 heavy (non-hydrogen) atoms. The molecule has 0 saturated carbocycles. The summed E-state index contributed by atoms with van der Waals surface area (Å²) < 4.78 is 2.39. The van der Waals surface area contributed by atoms with E-state index in [0.717, 1.165) is 26.8 Å². The van der Waals surface area contributed by atoms with E-state index < -0.39 is 0 Å². The molecule has 8 aromatic rings. The summed E-state index contributed by atoms with van der Waals surface area (Å²) in [5, 5.41) is 8.62. The van der Waals surface area contributed by atoms with E-state index in [-0.39, 0.29) is 0 Å². The number of thiazole rings is 2. The van der Waals surface area contributed by atoms with E-state index in [1.807, 2.05) is 23.2 Å². The molecule has 0 radical (unpaired) electrons. The molecule has 3 nitrogen and oxygen atoms in total. The average molecular weight is 562 g/mol. The highest BCUT2D eigenvalue weighted by Gasteiger charge is 2.15. The van der Waals surface area contributed by atoms with Crippen molar-refractivity contribution in [2.75, 3.05) is 0 Å². The van der Waals surface area contributed by atoms with Gasteiger partial charge < -0.3 is 4.57 Å². The molecule has 0 saturated heterocycles. The molecule has 0 unspecified atom stereocenters. The maximum atomic E-state index is 4.46. The number of nitrogens with zero attached hydrogens (tertiary/aromatic N) is 3. The molecular weight excluding hydrogens is 539 g/mol. The van der Waals surface area contributed by atoms with E-state index in [9.17, 15) is 0 Å². The predicted octanol–water partition coefficient (Wildman–Crippen LogP) is 10.4. The van der Waals surface area contributed by atoms with Gasteiger partial charge in [0.1, 0.15) is 10.0 Å². The van der Waals surface area contributed by atoms with E-state index in [2.05, 4.69) is 130 Å². The third-order valence-electron chi connectivity index (χ3n) is 7.58. The predicted molar refractivity (Wildman–Crippen MR) is 174 cm³/mol. The lowest BCUT2D eigenvalue weighted by Gasteiger charge is -2.10. The van der Waals surface area contributed by atoms with E-state index in [1.54, 1.807) is 22.7 Å². The third kappa shape index (κ3) is 4.27. The number of benzene rings is 5. The quantitative estimate of drug-likeness (QED) is 0.209. The maximum Gasteiger partial charge on any atom is 0.123 e. The summed E-state index contributed by atoms with van der Waals surface area (Å²) in [5.74, 6) is 0. The molecule has 0 N–H and O–H groups in total. The Morgan fingerprint density at radius 3 is 1.32 bits per heavy atom. The first-order valence-electron chi connectivity index (χ1n) is 13.5. The zero-order chi connectivity index (χ0) is 27.2. The van der Waals surface area contributed by atoms with Gasteiger partial charge in [0.05, 0.1) is 11.0 Å². The Morgan fingerprint density at radius 1 is 0.439 bits per heavy atom. The van der Waals surface area contributed by atoms with Crippen molar-refractivity contribution in [1.82, 2.24) is 14.5 Å². The second kappa shape index (κ2) is 9.97. The minimum Gasteiger partial charge on any atom is -0.309 e. The Hall–Kier alpha value is -4.84. The minimum atomic E-state index is 1.05. The van der Waals surface area contributed by atoms with Gasteiger partial charge in [-0.15, -0.1) is 22.7 Å². The molecule has 0 aliphatic carbocycles. The highest BCUT2D eigenvalue weighted by atomic mass is 32.1. The van der Waals surface area contributed by atoms with Gasteiger partial charge in [-0.2, -0.15) is 0 Å². The lowest BCUT2D eigenvalue weighted by Crippen LogP contribution is -1.93. The van der Waals surface area contributed by atoms with Crippen molar-refractivity contribution in [3.63, 3.8) is 0 Å². The molecule has 5 aromatic carbocycles. The lowest BCUT2D eigenvalue weighted by molar-refractivity contribution is 1.18. The minimum absolute atomic E-state index is 1.05. The molecule has 5 heteroatoms. The molecule has 0 aliphatic rings. The summed E-state index contributed by atoms with van der Waals surface area (Å²) >= 11 is 3.33. The average Bonchev–Trinajstić information content (AvgIpc) is 3.82. The van der Waals surface area contributed by atoms with Crippen molar-refractivity contribution in [3.05, 3.63) is 138 Å². The zero-order valence-corrected chi connectivity index (χ0v) is 23.6. The van der Waals surface area contributed by atoms with Gasteiger partial charge in [-0.25, -0.2) is 9.97 Å². The van der Waals surface area contributed by atoms with Crippen LogP contribution in [0, 0.1) is 0 Å². The van der Waals surface area contributed by atoms with Crippen LogP contribution in [0.15, 0.2) is 138 Å². The molecule has 8 rings (SSSR count). The zero-order valence-electron chi connectivity index (χ0n) is 21.9. The summed E-state index contributed by atoms with van der Waals surface area (Å²) in [7, 11) is 0. The summed E-state index contributed by atoms with van der Waals surface area (Å²) in [4.78, 5) is 8.91. The summed E-state index contributed by atoms with van der Waals surface area (Å²) in [6.45, 7) is 0. The normalized spacial score (nSPS) is 11.4. The number of para-hydroxylation sites is 1. The topological polar surface area (TPSA) is 30.7 Å². The van der Waals surface area contributed by atoms with Crippen molar-refractivity contribution < 1.29 is 0 Å². The van der Waals surface area contributed by atoms with Crippen LogP contribution < -0.4 is 0 Å². The maximum absolute atomic E-state index is 4.46. The van der Waals surface area contributed by atoms with Crippen LogP contribution in [0.1, 0.15) is 0 Å². The Kier molecular flexibility index (Phi) is 5.83. The fourth-order valence-corrected chi connectivity index (χ4v) is 6.86. The van der Waals surface area contributed by atoms with Gasteiger partial charge in [-0.3, -0.25) is 0 Å². The van der Waals surface area contributed by atoms with Gasteiger partial charge >= 0.3 is 0 Å². The summed E-state index contributed by atoms with van der Waals surface area (Å²) in [6, 6.07) is 41.7. The molecule has 0 fully saturated rings. The molecule has 0 atom stereocenters. The molecule has 0 bridgehead atoms. The van der Waals surface area contributed by atoms with Crippen molar-refractivity contribution >= 4 is 44.5 Å². The van der Waals surface area contributed by atoms with Gasteiger partial charge in [0.25, 0.3) is 0 Å². The van der Waals surface area contributed by atoms with Crippen molar-refractivity contribution in [2.45, 2.75) is 0 Å². The van der Waals surface area contributed by atoms with Crippen LogP contribution in [0.25, 0.3) is 70.9 Å². The molecule has 0 aliphatic heterocycles. The molecule has 0 spiro atoms. The number of hydrogen-bond acceptors (Lipinski definition) is 4. The second-order valence-corrected chi connectivity index (χ2v) is 11.8. The van der Waals surface area contributed by atoms with Crippen LogP contribution >= 0.6 is 22.7 Å². The number of fused-ring (bicyclic) bond motifs is 3. The molecule has 3 heterocycles. The highest BCUT2D eigenvalue weighted by Crippen LogP contribution is 2.37. The van der Waals surface area contributed by atoms with Crippen LogP contribution in [0.3, 0.4) is 0 Å². The van der Waals surface area contributed by atoms with E-state index in [4.69, 9.17) is 0 Å². The van der Waals surface area contributed by atoms with Gasteiger partial charge in [0, 0.05) is 50.7 Å². The highest BCUT2D eigenvalue weighted by molar-refractivity contribution is 7.13. The standard InChI is InChI=1S/C36H23N3S2/c1-2-4-30(5-3-1)39-33-22-28(24-6-10-26(11-7-24)35-37-18-20-40-35)14-16-31(33)32-17-15-29(23-34(32)39)25-8-12-27(13-9-25)36-38-19-21-41-36/h1-23H. The van der Waals surface area contributed by atoms with Gasteiger partial charge in [-0.1, -0.05) is 91.0 Å². The first-order valence-corrected chi connectivity index (χ1v) is 15.2. The number of rotatable bonds is 5. The third-order valence-corrected chi connectivity index (χ3v) is 9.22. The van der Waals surface area contributed by atoms with E-state index in [0.29, 0.717) is 0 Å². The first kappa shape index (κ1) is 24.0. The largest absolute Gasteiger partial charge is 0.309 e. The fraction of sp³-hybridized carbons (Fsp3) is 0. The van der Waals surface area contributed by atoms with Gasteiger partial charge in [-0.05, 0) is 46.5 Å². The van der Waals surface area contributed by atoms with E-state index >= 15 is 0 Å². The van der Waals surface area contributed by atoms with Crippen LogP contribution in [-0.4, -0.2) is 14.5 Å². The lowest BCUT2D eigenvalue weighted by atomic mass is 10.0. The van der Waals surface area contributed by atoms with E-state index in [1.165, 1.54) is 44.1 Å². The number of aromatic nitrogens is 3. The van der Waals surface area contributed by atoms with Gasteiger partial charge in [0.15, 0.2) is 0 Å². The fourth-order valence-electron chi connectivity index (χ4n) is 5.58. The summed E-state index contributed by atoms with van der Waals surface area (Å²) in [6.07, 6.45) is 3.71. The van der Waals surface area contributed by atoms with Crippen LogP contribution in [0.4, 0.5) is 0 Å². The van der Waals surface area contributed by atoms with Crippen LogP contribution in [0.5, 0.6) is 0 Å². The van der Waals surface area contributed by atoms with Crippen molar-refractivity contribution in [3.8, 4) is 49.1 Å². The monoisotopic (exact) mass is 561 g/mol.